The zero-order chi connectivity index (χ0) is 24.7. The molecule has 178 valence electrons. The van der Waals surface area contributed by atoms with E-state index in [0.29, 0.717) is 0 Å². The Hall–Kier alpha value is -2.79. The van der Waals surface area contributed by atoms with E-state index in [0.717, 1.165) is 11.9 Å². The molecule has 0 saturated carbocycles. The monoisotopic (exact) mass is 488 g/mol. The highest BCUT2D eigenvalue weighted by atomic mass is 32.2. The molecule has 4 aromatic rings. The Labute approximate surface area is 218 Å². The predicted molar refractivity (Wildman–Crippen MR) is 147 cm³/mol. The molecule has 0 N–H and O–H groups in total. The molecule has 4 aromatic carbocycles. The van der Waals surface area contributed by atoms with Crippen molar-refractivity contribution in [2.45, 2.75) is 60.5 Å². The average Bonchev–Trinajstić information content (AvgIpc) is 3.10. The van der Waals surface area contributed by atoms with Crippen molar-refractivity contribution in [3.05, 3.63) is 124 Å². The molecule has 1 fully saturated rings. The van der Waals surface area contributed by atoms with Crippen molar-refractivity contribution in [2.75, 3.05) is 0 Å². The van der Waals surface area contributed by atoms with Gasteiger partial charge in [-0.25, -0.2) is 0 Å². The second-order valence-corrected chi connectivity index (χ2v) is 12.3. The standard InChI is InChI=1S/C32H29BO2S/c1-30(2)31(3,4)35-33(34-30)23-17-18-29-27(20-23)32(26-15-9-10-16-28(26)36-29)24-13-7-5-11-21(24)19-22-12-6-8-14-25(22)32/h5-18,20H,19H2,1-4H3. The van der Waals surface area contributed by atoms with Crippen molar-refractivity contribution in [3.8, 4) is 0 Å². The lowest BCUT2D eigenvalue weighted by atomic mass is 9.58. The van der Waals surface area contributed by atoms with Gasteiger partial charge in [0.2, 0.25) is 0 Å². The van der Waals surface area contributed by atoms with E-state index in [4.69, 9.17) is 9.31 Å². The van der Waals surface area contributed by atoms with E-state index < -0.39 is 7.12 Å². The molecule has 1 saturated heterocycles. The summed E-state index contributed by atoms with van der Waals surface area (Å²) in [5.74, 6) is 0. The molecule has 0 aromatic heterocycles. The van der Waals surface area contributed by atoms with Crippen LogP contribution in [0.25, 0.3) is 0 Å². The molecule has 0 amide bonds. The van der Waals surface area contributed by atoms with Gasteiger partial charge in [-0.2, -0.15) is 0 Å². The van der Waals surface area contributed by atoms with Crippen LogP contribution >= 0.6 is 11.8 Å². The van der Waals surface area contributed by atoms with Gasteiger partial charge in [-0.15, -0.1) is 0 Å². The lowest BCUT2D eigenvalue weighted by molar-refractivity contribution is 0.00578. The third-order valence-corrected chi connectivity index (χ3v) is 9.82. The second kappa shape index (κ2) is 7.61. The van der Waals surface area contributed by atoms with Gasteiger partial charge in [0, 0.05) is 9.79 Å². The van der Waals surface area contributed by atoms with E-state index in [9.17, 15) is 0 Å². The largest absolute Gasteiger partial charge is 0.494 e. The summed E-state index contributed by atoms with van der Waals surface area (Å²) in [7, 11) is -0.395. The van der Waals surface area contributed by atoms with Crippen LogP contribution in [0, 0.1) is 0 Å². The van der Waals surface area contributed by atoms with Gasteiger partial charge >= 0.3 is 7.12 Å². The van der Waals surface area contributed by atoms with Crippen molar-refractivity contribution in [2.24, 2.45) is 0 Å². The van der Waals surface area contributed by atoms with E-state index in [1.54, 1.807) is 0 Å². The van der Waals surface area contributed by atoms with Gasteiger partial charge in [0.1, 0.15) is 0 Å². The Morgan fingerprint density at radius 1 is 0.611 bits per heavy atom. The minimum absolute atomic E-state index is 0.378. The number of hydrogen-bond donors (Lipinski definition) is 0. The van der Waals surface area contributed by atoms with Crippen LogP contribution in [-0.2, 0) is 21.1 Å². The summed E-state index contributed by atoms with van der Waals surface area (Å²) < 4.78 is 13.0. The first-order valence-electron chi connectivity index (χ1n) is 12.8. The summed E-state index contributed by atoms with van der Waals surface area (Å²) in [4.78, 5) is 2.61. The molecule has 36 heavy (non-hydrogen) atoms. The highest BCUT2D eigenvalue weighted by molar-refractivity contribution is 7.99. The lowest BCUT2D eigenvalue weighted by Crippen LogP contribution is -2.41. The normalized spacial score (nSPS) is 19.8. The number of fused-ring (bicyclic) bond motifs is 8. The van der Waals surface area contributed by atoms with Crippen LogP contribution in [0.5, 0.6) is 0 Å². The summed E-state index contributed by atoms with van der Waals surface area (Å²) in [6.45, 7) is 8.47. The summed E-state index contributed by atoms with van der Waals surface area (Å²) in [5, 5.41) is 0. The van der Waals surface area contributed by atoms with Gasteiger partial charge in [0.25, 0.3) is 0 Å². The second-order valence-electron chi connectivity index (χ2n) is 11.2. The average molecular weight is 488 g/mol. The van der Waals surface area contributed by atoms with Gasteiger partial charge in [0.15, 0.2) is 0 Å². The molecular formula is C32H29BO2S. The molecule has 1 aliphatic carbocycles. The lowest BCUT2D eigenvalue weighted by Gasteiger charge is -2.46. The number of rotatable bonds is 1. The van der Waals surface area contributed by atoms with Crippen molar-refractivity contribution in [3.63, 3.8) is 0 Å². The third-order valence-electron chi connectivity index (χ3n) is 8.67. The molecule has 0 atom stereocenters. The molecule has 7 rings (SSSR count). The zero-order valence-electron chi connectivity index (χ0n) is 21.2. The fourth-order valence-corrected chi connectivity index (χ4v) is 7.37. The summed E-state index contributed by atoms with van der Waals surface area (Å²) >= 11 is 1.87. The van der Waals surface area contributed by atoms with E-state index >= 15 is 0 Å². The van der Waals surface area contributed by atoms with Crippen molar-refractivity contribution >= 4 is 24.3 Å². The van der Waals surface area contributed by atoms with Crippen LogP contribution in [0.15, 0.2) is 101 Å². The maximum atomic E-state index is 6.50. The highest BCUT2D eigenvalue weighted by Crippen LogP contribution is 2.58. The minimum atomic E-state index is -0.395. The fourth-order valence-electron chi connectivity index (χ4n) is 6.20. The van der Waals surface area contributed by atoms with Crippen molar-refractivity contribution < 1.29 is 9.31 Å². The van der Waals surface area contributed by atoms with Crippen molar-refractivity contribution in [1.29, 1.82) is 0 Å². The first kappa shape index (κ1) is 22.4. The highest BCUT2D eigenvalue weighted by Gasteiger charge is 2.53. The van der Waals surface area contributed by atoms with Gasteiger partial charge in [-0.05, 0) is 85.1 Å². The van der Waals surface area contributed by atoms with Crippen LogP contribution < -0.4 is 5.46 Å². The maximum Gasteiger partial charge on any atom is 0.494 e. The van der Waals surface area contributed by atoms with Gasteiger partial charge in [-0.1, -0.05) is 90.6 Å². The molecule has 2 heterocycles. The molecule has 0 bridgehead atoms. The summed E-state index contributed by atoms with van der Waals surface area (Å²) in [6, 6.07) is 33.8. The molecule has 3 aliphatic rings. The van der Waals surface area contributed by atoms with E-state index in [2.05, 4.69) is 119 Å². The smallest absolute Gasteiger partial charge is 0.399 e. The molecule has 4 heteroatoms. The topological polar surface area (TPSA) is 18.5 Å². The first-order chi connectivity index (χ1) is 17.3. The molecule has 0 radical (unpaired) electrons. The molecular weight excluding hydrogens is 459 g/mol. The van der Waals surface area contributed by atoms with E-state index in [-0.39, 0.29) is 16.6 Å². The quantitative estimate of drug-likeness (QED) is 0.239. The zero-order valence-corrected chi connectivity index (χ0v) is 22.0. The number of benzene rings is 4. The molecule has 1 spiro atoms. The van der Waals surface area contributed by atoms with Gasteiger partial charge in [0.05, 0.1) is 16.6 Å². The molecule has 0 unspecified atom stereocenters. The Kier molecular flexibility index (Phi) is 4.74. The molecule has 2 nitrogen and oxygen atoms in total. The predicted octanol–water partition coefficient (Wildman–Crippen LogP) is 6.74. The molecule has 2 aliphatic heterocycles. The van der Waals surface area contributed by atoms with E-state index in [1.165, 1.54) is 43.2 Å². The SMILES string of the molecule is CC1(C)OB(c2ccc3c(c2)C2(c4ccccc4Cc4ccccc42)c2ccccc2S3)OC1(C)C. The Balaban J connectivity index is 1.54. The van der Waals surface area contributed by atoms with Crippen LogP contribution in [0.2, 0.25) is 0 Å². The van der Waals surface area contributed by atoms with Crippen LogP contribution in [0.4, 0.5) is 0 Å². The third kappa shape index (κ3) is 2.95. The minimum Gasteiger partial charge on any atom is -0.399 e. The Morgan fingerprint density at radius 3 is 1.78 bits per heavy atom. The Morgan fingerprint density at radius 2 is 1.14 bits per heavy atom. The van der Waals surface area contributed by atoms with Crippen LogP contribution in [0.1, 0.15) is 61.1 Å². The van der Waals surface area contributed by atoms with Gasteiger partial charge in [-0.3, -0.25) is 0 Å². The maximum absolute atomic E-state index is 6.50. The van der Waals surface area contributed by atoms with Crippen LogP contribution in [0.3, 0.4) is 0 Å². The number of hydrogen-bond acceptors (Lipinski definition) is 3. The Bertz CT molecular complexity index is 1400. The van der Waals surface area contributed by atoms with Crippen molar-refractivity contribution in [1.82, 2.24) is 0 Å². The van der Waals surface area contributed by atoms with Crippen LogP contribution in [-0.4, -0.2) is 18.3 Å². The summed E-state index contributed by atoms with van der Waals surface area (Å²) in [5.41, 5.74) is 8.15. The van der Waals surface area contributed by atoms with E-state index in [1.807, 2.05) is 11.8 Å². The first-order valence-corrected chi connectivity index (χ1v) is 13.6. The summed E-state index contributed by atoms with van der Waals surface area (Å²) in [6.07, 6.45) is 0.954. The fraction of sp³-hybridized carbons (Fsp3) is 0.250. The van der Waals surface area contributed by atoms with Gasteiger partial charge < -0.3 is 9.31 Å².